The molecular formula is C13H23N5O4S. The minimum Gasteiger partial charge on any atom is -0.467 e. The third-order valence-electron chi connectivity index (χ3n) is 3.48. The van der Waals surface area contributed by atoms with E-state index in [1.54, 1.807) is 0 Å². The SMILES string of the molecule is CC(C)(C)N(CC(CO)Oc1nsnc1N1CCOCC1)N=O. The Kier molecular flexibility index (Phi) is 6.08. The lowest BCUT2D eigenvalue weighted by Gasteiger charge is -2.32. The highest BCUT2D eigenvalue weighted by atomic mass is 32.1. The highest BCUT2D eigenvalue weighted by Crippen LogP contribution is 2.27. The van der Waals surface area contributed by atoms with E-state index in [9.17, 15) is 10.0 Å². The molecule has 0 bridgehead atoms. The number of anilines is 1. The lowest BCUT2D eigenvalue weighted by molar-refractivity contribution is 0.0390. The van der Waals surface area contributed by atoms with E-state index in [0.29, 0.717) is 24.9 Å². The fourth-order valence-corrected chi connectivity index (χ4v) is 2.64. The Hall–Kier alpha value is -1.52. The van der Waals surface area contributed by atoms with Gasteiger partial charge in [0.2, 0.25) is 5.82 Å². The van der Waals surface area contributed by atoms with Gasteiger partial charge in [0, 0.05) is 13.1 Å². The van der Waals surface area contributed by atoms with Crippen molar-refractivity contribution >= 4 is 17.5 Å². The summed E-state index contributed by atoms with van der Waals surface area (Å²) in [6.07, 6.45) is -0.615. The molecule has 1 aromatic heterocycles. The van der Waals surface area contributed by atoms with Crippen LogP contribution >= 0.6 is 11.7 Å². The Morgan fingerprint density at radius 2 is 2.13 bits per heavy atom. The molecule has 2 rings (SSSR count). The van der Waals surface area contributed by atoms with E-state index in [0.717, 1.165) is 24.8 Å². The molecule has 0 aromatic carbocycles. The van der Waals surface area contributed by atoms with Crippen LogP contribution in [0.15, 0.2) is 5.29 Å². The summed E-state index contributed by atoms with van der Waals surface area (Å²) in [7, 11) is 0. The number of morpholine rings is 1. The van der Waals surface area contributed by atoms with E-state index in [-0.39, 0.29) is 13.2 Å². The lowest BCUT2D eigenvalue weighted by atomic mass is 10.1. The first-order valence-electron chi connectivity index (χ1n) is 7.49. The molecule has 23 heavy (non-hydrogen) atoms. The van der Waals surface area contributed by atoms with Crippen molar-refractivity contribution in [2.24, 2.45) is 5.29 Å². The van der Waals surface area contributed by atoms with Crippen LogP contribution in [0, 0.1) is 4.91 Å². The second-order valence-corrected chi connectivity index (χ2v) is 6.78. The van der Waals surface area contributed by atoms with Gasteiger partial charge in [0.05, 0.1) is 48.9 Å². The molecule has 0 aliphatic carbocycles. The van der Waals surface area contributed by atoms with Crippen molar-refractivity contribution in [3.63, 3.8) is 0 Å². The van der Waals surface area contributed by atoms with Gasteiger partial charge in [-0.15, -0.1) is 9.28 Å². The molecule has 9 nitrogen and oxygen atoms in total. The van der Waals surface area contributed by atoms with Crippen LogP contribution in [-0.4, -0.2) is 70.0 Å². The van der Waals surface area contributed by atoms with Crippen LogP contribution in [-0.2, 0) is 4.74 Å². The van der Waals surface area contributed by atoms with Crippen LogP contribution in [0.5, 0.6) is 5.88 Å². The molecule has 1 saturated heterocycles. The molecule has 1 aromatic rings. The molecule has 1 atom stereocenters. The Bertz CT molecular complexity index is 501. The van der Waals surface area contributed by atoms with Gasteiger partial charge in [0.25, 0.3) is 5.88 Å². The summed E-state index contributed by atoms with van der Waals surface area (Å²) in [5, 5.41) is 13.9. The van der Waals surface area contributed by atoms with Crippen LogP contribution < -0.4 is 9.64 Å². The van der Waals surface area contributed by atoms with E-state index in [4.69, 9.17) is 9.47 Å². The minimum absolute atomic E-state index is 0.170. The predicted octanol–water partition coefficient (Wildman–Crippen LogP) is 0.896. The highest BCUT2D eigenvalue weighted by molar-refractivity contribution is 6.99. The van der Waals surface area contributed by atoms with Crippen molar-refractivity contribution in [3.05, 3.63) is 4.91 Å². The van der Waals surface area contributed by atoms with Crippen molar-refractivity contribution in [2.75, 3.05) is 44.4 Å². The van der Waals surface area contributed by atoms with Gasteiger partial charge >= 0.3 is 0 Å². The van der Waals surface area contributed by atoms with Crippen molar-refractivity contribution in [1.82, 2.24) is 13.8 Å². The Labute approximate surface area is 139 Å². The van der Waals surface area contributed by atoms with Crippen LogP contribution in [0.3, 0.4) is 0 Å². The molecule has 0 amide bonds. The topological polar surface area (TPSA) is 100 Å². The monoisotopic (exact) mass is 345 g/mol. The second kappa shape index (κ2) is 7.84. The van der Waals surface area contributed by atoms with E-state index >= 15 is 0 Å². The largest absolute Gasteiger partial charge is 0.467 e. The van der Waals surface area contributed by atoms with Crippen molar-refractivity contribution < 1.29 is 14.6 Å². The number of nitrogens with zero attached hydrogens (tertiary/aromatic N) is 5. The average Bonchev–Trinajstić information content (AvgIpc) is 2.99. The van der Waals surface area contributed by atoms with Gasteiger partial charge < -0.3 is 19.5 Å². The maximum Gasteiger partial charge on any atom is 0.271 e. The number of hydrogen-bond donors (Lipinski definition) is 1. The smallest absolute Gasteiger partial charge is 0.271 e. The Morgan fingerprint density at radius 3 is 2.70 bits per heavy atom. The van der Waals surface area contributed by atoms with E-state index in [2.05, 4.69) is 14.0 Å². The van der Waals surface area contributed by atoms with Crippen LogP contribution in [0.25, 0.3) is 0 Å². The maximum atomic E-state index is 11.0. The van der Waals surface area contributed by atoms with Gasteiger partial charge in [-0.2, -0.15) is 4.37 Å². The summed E-state index contributed by atoms with van der Waals surface area (Å²) in [5.41, 5.74) is -0.452. The molecule has 1 unspecified atom stereocenters. The fourth-order valence-electron chi connectivity index (χ4n) is 2.13. The third-order valence-corrected chi connectivity index (χ3v) is 3.99. The second-order valence-electron chi connectivity index (χ2n) is 6.25. The van der Waals surface area contributed by atoms with Crippen molar-refractivity contribution in [2.45, 2.75) is 32.4 Å². The van der Waals surface area contributed by atoms with Crippen molar-refractivity contribution in [1.29, 1.82) is 0 Å². The van der Waals surface area contributed by atoms with Gasteiger partial charge in [-0.1, -0.05) is 0 Å². The normalized spacial score (nSPS) is 17.0. The zero-order valence-corrected chi connectivity index (χ0v) is 14.5. The number of rotatable bonds is 7. The number of ether oxygens (including phenoxy) is 2. The molecule has 1 aliphatic rings. The van der Waals surface area contributed by atoms with Gasteiger partial charge in [-0.3, -0.25) is 5.01 Å². The molecule has 1 fully saturated rings. The van der Waals surface area contributed by atoms with Crippen LogP contribution in [0.4, 0.5) is 5.82 Å². The molecule has 1 aliphatic heterocycles. The van der Waals surface area contributed by atoms with Crippen LogP contribution in [0.2, 0.25) is 0 Å². The summed E-state index contributed by atoms with van der Waals surface area (Å²) < 4.78 is 19.5. The standard InChI is InChI=1S/C13H23N5O4S/c1-13(2,3)18(16-20)8-10(9-19)22-12-11(14-23-15-12)17-4-6-21-7-5-17/h10,19H,4-9H2,1-3H3. The molecule has 0 saturated carbocycles. The molecule has 2 heterocycles. The number of aromatic nitrogens is 2. The van der Waals surface area contributed by atoms with Gasteiger partial charge in [-0.25, -0.2) is 0 Å². The number of hydrogen-bond acceptors (Lipinski definition) is 9. The van der Waals surface area contributed by atoms with Gasteiger partial charge in [0.15, 0.2) is 0 Å². The summed E-state index contributed by atoms with van der Waals surface area (Å²) in [6, 6.07) is 0. The summed E-state index contributed by atoms with van der Waals surface area (Å²) in [5.74, 6) is 1.02. The molecule has 0 spiro atoms. The number of aliphatic hydroxyl groups is 1. The fraction of sp³-hybridized carbons (Fsp3) is 0.846. The first-order valence-corrected chi connectivity index (χ1v) is 8.22. The zero-order chi connectivity index (χ0) is 16.9. The van der Waals surface area contributed by atoms with Gasteiger partial charge in [-0.05, 0) is 20.8 Å². The molecular weight excluding hydrogens is 322 g/mol. The molecule has 0 radical (unpaired) electrons. The van der Waals surface area contributed by atoms with Crippen LogP contribution in [0.1, 0.15) is 20.8 Å². The first kappa shape index (κ1) is 17.8. The van der Waals surface area contributed by atoms with Crippen molar-refractivity contribution in [3.8, 4) is 5.88 Å². The Morgan fingerprint density at radius 1 is 1.43 bits per heavy atom. The molecule has 1 N–H and O–H groups in total. The summed E-state index contributed by atoms with van der Waals surface area (Å²) in [4.78, 5) is 13.0. The molecule has 130 valence electrons. The molecule has 10 heteroatoms. The average molecular weight is 345 g/mol. The van der Waals surface area contributed by atoms with E-state index in [1.807, 2.05) is 25.7 Å². The third kappa shape index (κ3) is 4.72. The highest BCUT2D eigenvalue weighted by Gasteiger charge is 2.27. The number of nitroso groups, excluding NO2 is 1. The quantitative estimate of drug-likeness (QED) is 0.574. The summed E-state index contributed by atoms with van der Waals surface area (Å²) >= 11 is 1.05. The Balaban J connectivity index is 2.04. The lowest BCUT2D eigenvalue weighted by Crippen LogP contribution is -2.44. The first-order chi connectivity index (χ1) is 11.0. The zero-order valence-electron chi connectivity index (χ0n) is 13.6. The van der Waals surface area contributed by atoms with E-state index in [1.165, 1.54) is 5.01 Å². The minimum atomic E-state index is -0.615. The van der Waals surface area contributed by atoms with E-state index < -0.39 is 11.6 Å². The maximum absolute atomic E-state index is 11.0. The number of aliphatic hydroxyl groups excluding tert-OH is 1. The predicted molar refractivity (Wildman–Crippen MR) is 86.7 cm³/mol. The van der Waals surface area contributed by atoms with Gasteiger partial charge in [0.1, 0.15) is 6.10 Å². The summed E-state index contributed by atoms with van der Waals surface area (Å²) in [6.45, 7) is 8.22.